The summed E-state index contributed by atoms with van der Waals surface area (Å²) in [6, 6.07) is -0.0707. The van der Waals surface area contributed by atoms with Gasteiger partial charge in [-0.2, -0.15) is 0 Å². The highest BCUT2D eigenvalue weighted by molar-refractivity contribution is 5.75. The number of amides is 2. The molecule has 6 heteroatoms. The maximum atomic E-state index is 12.4. The van der Waals surface area contributed by atoms with E-state index in [4.69, 9.17) is 10.2 Å². The lowest BCUT2D eigenvalue weighted by atomic mass is 9.95. The molecule has 0 aliphatic carbocycles. The van der Waals surface area contributed by atoms with Crippen LogP contribution in [0.5, 0.6) is 0 Å². The molecule has 6 nitrogen and oxygen atoms in total. The summed E-state index contributed by atoms with van der Waals surface area (Å²) in [4.78, 5) is 26.4. The van der Waals surface area contributed by atoms with Gasteiger partial charge in [0.15, 0.2) is 0 Å². The summed E-state index contributed by atoms with van der Waals surface area (Å²) in [6.45, 7) is 5.24. The van der Waals surface area contributed by atoms with Gasteiger partial charge in [0.05, 0.1) is 6.61 Å². The fourth-order valence-corrected chi connectivity index (χ4v) is 2.52. The molecule has 2 N–H and O–H groups in total. The summed E-state index contributed by atoms with van der Waals surface area (Å²) in [5.41, 5.74) is 0. The normalized spacial score (nSPS) is 19.6. The van der Waals surface area contributed by atoms with Crippen molar-refractivity contribution in [1.82, 2.24) is 9.80 Å². The van der Waals surface area contributed by atoms with Crippen molar-refractivity contribution in [3.63, 3.8) is 0 Å². The molecule has 0 aromatic carbocycles. The first-order chi connectivity index (χ1) is 8.95. The summed E-state index contributed by atoms with van der Waals surface area (Å²) < 4.78 is 0. The van der Waals surface area contributed by atoms with Crippen LogP contribution >= 0.6 is 0 Å². The van der Waals surface area contributed by atoms with Crippen LogP contribution in [0.3, 0.4) is 0 Å². The summed E-state index contributed by atoms with van der Waals surface area (Å²) in [5.74, 6) is -0.770. The van der Waals surface area contributed by atoms with Crippen LogP contribution < -0.4 is 0 Å². The molecule has 0 saturated carbocycles. The Morgan fingerprint density at radius 2 is 2.11 bits per heavy atom. The molecule has 1 atom stereocenters. The maximum Gasteiger partial charge on any atom is 0.320 e. The number of nitrogens with zero attached hydrogens (tertiary/aromatic N) is 2. The predicted molar refractivity (Wildman–Crippen MR) is 70.9 cm³/mol. The van der Waals surface area contributed by atoms with Crippen LogP contribution in [0, 0.1) is 5.92 Å². The Kier molecular flexibility index (Phi) is 6.08. The molecule has 19 heavy (non-hydrogen) atoms. The Balaban J connectivity index is 2.61. The van der Waals surface area contributed by atoms with E-state index in [2.05, 4.69) is 0 Å². The van der Waals surface area contributed by atoms with E-state index in [1.165, 1.54) is 0 Å². The number of urea groups is 1. The molecule has 0 aromatic heterocycles. The van der Waals surface area contributed by atoms with E-state index in [1.807, 2.05) is 13.8 Å². The quantitative estimate of drug-likeness (QED) is 0.782. The molecule has 0 radical (unpaired) electrons. The Hall–Kier alpha value is -1.30. The molecule has 1 aliphatic rings. The number of carbonyl (C=O) groups is 2. The number of carboxylic acid groups (broad SMARTS) is 1. The second kappa shape index (κ2) is 7.33. The molecule has 0 spiro atoms. The first-order valence-electron chi connectivity index (χ1n) is 6.84. The number of piperidine rings is 1. The Labute approximate surface area is 114 Å². The maximum absolute atomic E-state index is 12.4. The van der Waals surface area contributed by atoms with Gasteiger partial charge in [0.25, 0.3) is 0 Å². The van der Waals surface area contributed by atoms with E-state index >= 15 is 0 Å². The summed E-state index contributed by atoms with van der Waals surface area (Å²) >= 11 is 0. The SMILES string of the molecule is CC(C)N(CCO)C(=O)N1CCCC(CC(=O)O)C1. The number of aliphatic hydroxyl groups excluding tert-OH is 1. The third-order valence-electron chi connectivity index (χ3n) is 3.46. The van der Waals surface area contributed by atoms with E-state index in [9.17, 15) is 9.59 Å². The third kappa shape index (κ3) is 4.70. The van der Waals surface area contributed by atoms with Gasteiger partial charge in [0.2, 0.25) is 0 Å². The molecule has 0 bridgehead atoms. The van der Waals surface area contributed by atoms with Gasteiger partial charge in [-0.3, -0.25) is 4.79 Å². The lowest BCUT2D eigenvalue weighted by Gasteiger charge is -2.37. The van der Waals surface area contributed by atoms with E-state index < -0.39 is 5.97 Å². The van der Waals surface area contributed by atoms with Gasteiger partial charge in [-0.1, -0.05) is 0 Å². The molecule has 1 fully saturated rings. The number of hydrogen-bond acceptors (Lipinski definition) is 3. The number of carboxylic acids is 1. The van der Waals surface area contributed by atoms with Crippen LogP contribution in [0.2, 0.25) is 0 Å². The van der Waals surface area contributed by atoms with E-state index in [1.54, 1.807) is 9.80 Å². The minimum Gasteiger partial charge on any atom is -0.481 e. The van der Waals surface area contributed by atoms with Gasteiger partial charge < -0.3 is 20.0 Å². The smallest absolute Gasteiger partial charge is 0.320 e. The molecular formula is C13H24N2O4. The minimum atomic E-state index is -0.810. The van der Waals surface area contributed by atoms with Crippen LogP contribution in [-0.4, -0.2) is 64.3 Å². The van der Waals surface area contributed by atoms with Crippen molar-refractivity contribution in [2.75, 3.05) is 26.2 Å². The van der Waals surface area contributed by atoms with Crippen molar-refractivity contribution in [3.8, 4) is 0 Å². The second-order valence-corrected chi connectivity index (χ2v) is 5.35. The van der Waals surface area contributed by atoms with Gasteiger partial charge in [-0.05, 0) is 32.6 Å². The van der Waals surface area contributed by atoms with Crippen LogP contribution in [0.4, 0.5) is 4.79 Å². The fraction of sp³-hybridized carbons (Fsp3) is 0.846. The second-order valence-electron chi connectivity index (χ2n) is 5.35. The lowest BCUT2D eigenvalue weighted by Crippen LogP contribution is -2.50. The third-order valence-corrected chi connectivity index (χ3v) is 3.46. The number of aliphatic carboxylic acids is 1. The zero-order valence-corrected chi connectivity index (χ0v) is 11.7. The monoisotopic (exact) mass is 272 g/mol. The molecule has 2 amide bonds. The number of rotatable bonds is 5. The van der Waals surface area contributed by atoms with Gasteiger partial charge in [-0.25, -0.2) is 4.79 Å². The highest BCUT2D eigenvalue weighted by Crippen LogP contribution is 2.21. The fourth-order valence-electron chi connectivity index (χ4n) is 2.52. The van der Waals surface area contributed by atoms with Gasteiger partial charge >= 0.3 is 12.0 Å². The highest BCUT2D eigenvalue weighted by atomic mass is 16.4. The summed E-state index contributed by atoms with van der Waals surface area (Å²) in [6.07, 6.45) is 1.82. The average Bonchev–Trinajstić information content (AvgIpc) is 2.34. The number of likely N-dealkylation sites (tertiary alicyclic amines) is 1. The molecule has 1 rings (SSSR count). The predicted octanol–water partition coefficient (Wildman–Crippen LogP) is 0.996. The van der Waals surface area contributed by atoms with E-state index in [0.717, 1.165) is 12.8 Å². The van der Waals surface area contributed by atoms with Crippen molar-refractivity contribution in [2.45, 2.75) is 39.2 Å². The largest absolute Gasteiger partial charge is 0.481 e. The first kappa shape index (κ1) is 15.8. The number of hydrogen-bond donors (Lipinski definition) is 2. The van der Waals surface area contributed by atoms with Crippen LogP contribution in [0.15, 0.2) is 0 Å². The molecule has 0 aromatic rings. The summed E-state index contributed by atoms with van der Waals surface area (Å²) in [5, 5.41) is 17.8. The topological polar surface area (TPSA) is 81.1 Å². The van der Waals surface area contributed by atoms with Crippen molar-refractivity contribution < 1.29 is 19.8 Å². The van der Waals surface area contributed by atoms with Crippen molar-refractivity contribution in [2.24, 2.45) is 5.92 Å². The molecule has 1 heterocycles. The minimum absolute atomic E-state index is 0.0273. The van der Waals surface area contributed by atoms with Gasteiger partial charge in [0, 0.05) is 32.1 Å². The first-order valence-corrected chi connectivity index (χ1v) is 6.84. The van der Waals surface area contributed by atoms with Gasteiger partial charge in [-0.15, -0.1) is 0 Å². The average molecular weight is 272 g/mol. The van der Waals surface area contributed by atoms with Crippen LogP contribution in [-0.2, 0) is 4.79 Å². The van der Waals surface area contributed by atoms with E-state index in [-0.39, 0.29) is 31.0 Å². The van der Waals surface area contributed by atoms with Crippen LogP contribution in [0.1, 0.15) is 33.1 Å². The van der Waals surface area contributed by atoms with Crippen molar-refractivity contribution >= 4 is 12.0 Å². The molecule has 110 valence electrons. The number of carbonyl (C=O) groups excluding carboxylic acids is 1. The van der Waals surface area contributed by atoms with E-state index in [0.29, 0.717) is 19.6 Å². The lowest BCUT2D eigenvalue weighted by molar-refractivity contribution is -0.138. The Bertz CT molecular complexity index is 320. The zero-order chi connectivity index (χ0) is 14.4. The Morgan fingerprint density at radius 1 is 1.42 bits per heavy atom. The molecular weight excluding hydrogens is 248 g/mol. The van der Waals surface area contributed by atoms with Gasteiger partial charge in [0.1, 0.15) is 0 Å². The highest BCUT2D eigenvalue weighted by Gasteiger charge is 2.28. The standard InChI is InChI=1S/C13H24N2O4/c1-10(2)15(6-7-16)13(19)14-5-3-4-11(9-14)8-12(17)18/h10-11,16H,3-9H2,1-2H3,(H,17,18). The molecule has 1 unspecified atom stereocenters. The summed E-state index contributed by atoms with van der Waals surface area (Å²) in [7, 11) is 0. The van der Waals surface area contributed by atoms with Crippen molar-refractivity contribution in [1.29, 1.82) is 0 Å². The zero-order valence-electron chi connectivity index (χ0n) is 11.7. The molecule has 1 aliphatic heterocycles. The number of aliphatic hydroxyl groups is 1. The van der Waals surface area contributed by atoms with Crippen molar-refractivity contribution in [3.05, 3.63) is 0 Å². The Morgan fingerprint density at radius 3 is 2.63 bits per heavy atom. The van der Waals surface area contributed by atoms with Crippen LogP contribution in [0.25, 0.3) is 0 Å². The molecule has 1 saturated heterocycles.